The van der Waals surface area contributed by atoms with Gasteiger partial charge in [-0.15, -0.1) is 4.40 Å². The quantitative estimate of drug-likeness (QED) is 0.545. The van der Waals surface area contributed by atoms with E-state index >= 15 is 0 Å². The molecule has 2 unspecified atom stereocenters. The normalized spacial score (nSPS) is 21.7. The Morgan fingerprint density at radius 3 is 2.69 bits per heavy atom. The predicted octanol–water partition coefficient (Wildman–Crippen LogP) is 1.15. The van der Waals surface area contributed by atoms with Crippen molar-refractivity contribution in [3.63, 3.8) is 0 Å². The number of amides is 1. The van der Waals surface area contributed by atoms with Crippen molar-refractivity contribution >= 4 is 49.1 Å². The molecule has 0 radical (unpaired) electrons. The lowest BCUT2D eigenvalue weighted by atomic mass is 10.0. The molecule has 0 aromatic heterocycles. The van der Waals surface area contributed by atoms with E-state index in [4.69, 9.17) is 4.74 Å². The molecule has 1 aromatic rings. The van der Waals surface area contributed by atoms with Crippen LogP contribution >= 0.6 is 0 Å². The van der Waals surface area contributed by atoms with Gasteiger partial charge >= 0.3 is 5.97 Å². The fraction of sp³-hybridized carbons (Fsp3) is 0.526. The summed E-state index contributed by atoms with van der Waals surface area (Å²) in [6, 6.07) is 3.65. The van der Waals surface area contributed by atoms with Gasteiger partial charge in [-0.05, 0) is 38.0 Å². The minimum Gasteiger partial charge on any atom is -0.466 e. The molecule has 2 N–H and O–H groups in total. The lowest BCUT2D eigenvalue weighted by molar-refractivity contribution is -0.150. The number of ether oxygens (including phenoxy) is 1. The van der Waals surface area contributed by atoms with E-state index in [2.05, 4.69) is 14.4 Å². The number of sulfonamides is 2. The number of anilines is 2. The number of rotatable bonds is 7. The van der Waals surface area contributed by atoms with E-state index in [1.165, 1.54) is 17.0 Å². The molecular formula is C19H26N4O7S2. The SMILES string of the molecule is CCOC(=O)C1CCCC1N(C)C(=O)CC1=NS(=O)(=O)c2cc(NS(C)(=O)=O)ccc2N1. The van der Waals surface area contributed by atoms with Crippen LogP contribution in [0.3, 0.4) is 0 Å². The number of fused-ring (bicyclic) bond motifs is 1. The number of nitrogens with zero attached hydrogens (tertiary/aromatic N) is 2. The highest BCUT2D eigenvalue weighted by Crippen LogP contribution is 2.33. The highest BCUT2D eigenvalue weighted by atomic mass is 32.2. The molecule has 3 rings (SSSR count). The van der Waals surface area contributed by atoms with Gasteiger partial charge in [0.05, 0.1) is 30.9 Å². The van der Waals surface area contributed by atoms with E-state index in [1.54, 1.807) is 14.0 Å². The molecule has 11 nitrogen and oxygen atoms in total. The number of hydrogen-bond donors (Lipinski definition) is 2. The summed E-state index contributed by atoms with van der Waals surface area (Å²) in [4.78, 5) is 26.3. The zero-order chi connectivity index (χ0) is 23.7. The van der Waals surface area contributed by atoms with Crippen molar-refractivity contribution < 1.29 is 31.2 Å². The van der Waals surface area contributed by atoms with Gasteiger partial charge in [0.2, 0.25) is 15.9 Å². The van der Waals surface area contributed by atoms with Crippen LogP contribution in [0.4, 0.5) is 11.4 Å². The van der Waals surface area contributed by atoms with Gasteiger partial charge in [0.15, 0.2) is 0 Å². The number of amidine groups is 1. The van der Waals surface area contributed by atoms with Gasteiger partial charge < -0.3 is 15.0 Å². The van der Waals surface area contributed by atoms with Crippen molar-refractivity contribution in [2.24, 2.45) is 10.3 Å². The number of esters is 1. The maximum absolute atomic E-state index is 12.8. The minimum atomic E-state index is -4.15. The predicted molar refractivity (Wildman–Crippen MR) is 118 cm³/mol. The number of benzene rings is 1. The average molecular weight is 487 g/mol. The minimum absolute atomic E-state index is 0.0520. The molecule has 1 amide bonds. The van der Waals surface area contributed by atoms with E-state index in [0.717, 1.165) is 18.7 Å². The van der Waals surface area contributed by atoms with Gasteiger partial charge in [-0.25, -0.2) is 8.42 Å². The summed E-state index contributed by atoms with van der Waals surface area (Å²) in [5, 5.41) is 2.83. The van der Waals surface area contributed by atoms with Crippen LogP contribution in [-0.4, -0.2) is 65.4 Å². The third-order valence-corrected chi connectivity index (χ3v) is 7.31. The van der Waals surface area contributed by atoms with Crippen molar-refractivity contribution in [1.82, 2.24) is 4.90 Å². The van der Waals surface area contributed by atoms with Crippen molar-refractivity contribution in [2.45, 2.75) is 43.5 Å². The van der Waals surface area contributed by atoms with E-state index in [1.807, 2.05) is 0 Å². The smallest absolute Gasteiger partial charge is 0.311 e. The first-order chi connectivity index (χ1) is 14.9. The molecule has 1 fully saturated rings. The molecule has 0 saturated heterocycles. The highest BCUT2D eigenvalue weighted by Gasteiger charge is 2.38. The first-order valence-electron chi connectivity index (χ1n) is 10.1. The molecule has 176 valence electrons. The van der Waals surface area contributed by atoms with Crippen molar-refractivity contribution in [1.29, 1.82) is 0 Å². The molecule has 1 saturated carbocycles. The van der Waals surface area contributed by atoms with Crippen LogP contribution in [0.5, 0.6) is 0 Å². The first kappa shape index (κ1) is 24.0. The standard InChI is InChI=1S/C19H26N4O7S2/c1-4-30-19(25)13-6-5-7-15(13)23(2)18(24)11-17-20-14-9-8-12(21-31(3,26)27)10-16(14)32(28,29)22-17/h8-10,13,15,21H,4-7,11H2,1-3H3,(H,20,22). The fourth-order valence-electron chi connectivity index (χ4n) is 3.95. The van der Waals surface area contributed by atoms with Gasteiger partial charge in [0.25, 0.3) is 10.0 Å². The van der Waals surface area contributed by atoms with Crippen LogP contribution in [0.15, 0.2) is 27.5 Å². The van der Waals surface area contributed by atoms with Crippen LogP contribution < -0.4 is 10.0 Å². The molecule has 1 aromatic carbocycles. The summed E-state index contributed by atoms with van der Waals surface area (Å²) in [6.45, 7) is 1.99. The molecule has 0 bridgehead atoms. The van der Waals surface area contributed by atoms with Gasteiger partial charge in [0.1, 0.15) is 10.7 Å². The Bertz CT molecular complexity index is 1160. The van der Waals surface area contributed by atoms with E-state index in [0.29, 0.717) is 12.8 Å². The molecule has 32 heavy (non-hydrogen) atoms. The number of carbonyl (C=O) groups is 2. The highest BCUT2D eigenvalue weighted by molar-refractivity contribution is 7.92. The Kier molecular flexibility index (Phi) is 6.79. The van der Waals surface area contributed by atoms with E-state index in [-0.39, 0.29) is 53.1 Å². The Morgan fingerprint density at radius 1 is 1.31 bits per heavy atom. The molecule has 1 aliphatic carbocycles. The van der Waals surface area contributed by atoms with Crippen LogP contribution in [0.25, 0.3) is 0 Å². The fourth-order valence-corrected chi connectivity index (χ4v) is 5.67. The van der Waals surface area contributed by atoms with Crippen LogP contribution in [0.1, 0.15) is 32.6 Å². The van der Waals surface area contributed by atoms with Crippen LogP contribution in [0, 0.1) is 5.92 Å². The third kappa shape index (κ3) is 5.38. The second-order valence-corrected chi connectivity index (χ2v) is 11.1. The molecule has 2 aliphatic rings. The molecule has 0 spiro atoms. The third-order valence-electron chi connectivity index (χ3n) is 5.35. The Balaban J connectivity index is 1.75. The van der Waals surface area contributed by atoms with E-state index in [9.17, 15) is 26.4 Å². The summed E-state index contributed by atoms with van der Waals surface area (Å²) < 4.78 is 59.1. The summed E-state index contributed by atoms with van der Waals surface area (Å²) >= 11 is 0. The second-order valence-electron chi connectivity index (χ2n) is 7.76. The van der Waals surface area contributed by atoms with Gasteiger partial charge in [-0.3, -0.25) is 14.3 Å². The zero-order valence-corrected chi connectivity index (χ0v) is 19.6. The second kappa shape index (κ2) is 9.06. The van der Waals surface area contributed by atoms with Gasteiger partial charge in [-0.2, -0.15) is 8.42 Å². The molecule has 1 heterocycles. The Labute approximate surface area is 187 Å². The maximum Gasteiger partial charge on any atom is 0.311 e. The summed E-state index contributed by atoms with van der Waals surface area (Å²) in [5.74, 6) is -1.18. The van der Waals surface area contributed by atoms with Crippen molar-refractivity contribution in [2.75, 3.05) is 29.9 Å². The summed E-state index contributed by atoms with van der Waals surface area (Å²) in [5.41, 5.74) is 0.270. The average Bonchev–Trinajstić information content (AvgIpc) is 3.16. The molecule has 1 aliphatic heterocycles. The number of nitrogens with one attached hydrogen (secondary N) is 2. The zero-order valence-electron chi connectivity index (χ0n) is 18.0. The lowest BCUT2D eigenvalue weighted by Crippen LogP contribution is -2.43. The van der Waals surface area contributed by atoms with Crippen molar-refractivity contribution in [3.05, 3.63) is 18.2 Å². The lowest BCUT2D eigenvalue weighted by Gasteiger charge is -2.29. The van der Waals surface area contributed by atoms with Crippen molar-refractivity contribution in [3.8, 4) is 0 Å². The monoisotopic (exact) mass is 486 g/mol. The Morgan fingerprint density at radius 2 is 2.03 bits per heavy atom. The van der Waals surface area contributed by atoms with Crippen LogP contribution in [0.2, 0.25) is 0 Å². The number of hydrogen-bond acceptors (Lipinski definition) is 8. The first-order valence-corrected chi connectivity index (χ1v) is 13.4. The van der Waals surface area contributed by atoms with Gasteiger partial charge in [-0.1, -0.05) is 6.42 Å². The van der Waals surface area contributed by atoms with E-state index < -0.39 is 26.0 Å². The largest absolute Gasteiger partial charge is 0.466 e. The summed E-state index contributed by atoms with van der Waals surface area (Å²) in [6.07, 6.45) is 2.73. The topological polar surface area (TPSA) is 151 Å². The molecule has 2 atom stereocenters. The van der Waals surface area contributed by atoms with Crippen LogP contribution in [-0.2, 0) is 34.4 Å². The molecular weight excluding hydrogens is 460 g/mol. The van der Waals surface area contributed by atoms with Gasteiger partial charge in [0, 0.05) is 18.8 Å². The molecule has 13 heteroatoms. The number of carbonyl (C=O) groups excluding carboxylic acids is 2. The summed E-state index contributed by atoms with van der Waals surface area (Å²) in [7, 11) is -6.15. The maximum atomic E-state index is 12.8. The Hall–Kier alpha value is -2.67.